The Hall–Kier alpha value is -1.82. The maximum atomic E-state index is 11.2. The van der Waals surface area contributed by atoms with Crippen LogP contribution < -0.4 is 4.74 Å². The van der Waals surface area contributed by atoms with Gasteiger partial charge in [-0.2, -0.15) is 0 Å². The SMILES string of the molecule is COc1nn(C)c(C(=O)O)c1-c1cccs1. The molecule has 0 unspecified atom stereocenters. The number of carboxylic acids is 1. The Labute approximate surface area is 95.9 Å². The third-order valence-electron chi connectivity index (χ3n) is 2.18. The van der Waals surface area contributed by atoms with E-state index in [0.717, 1.165) is 4.88 Å². The van der Waals surface area contributed by atoms with Crippen LogP contribution in [-0.4, -0.2) is 28.0 Å². The van der Waals surface area contributed by atoms with Crippen LogP contribution in [0, 0.1) is 0 Å². The number of carbonyl (C=O) groups is 1. The number of rotatable bonds is 3. The number of carboxylic acid groups (broad SMARTS) is 1. The first-order valence-corrected chi connectivity index (χ1v) is 5.41. The molecule has 0 spiro atoms. The van der Waals surface area contributed by atoms with Crippen molar-refractivity contribution in [3.8, 4) is 16.3 Å². The Kier molecular flexibility index (Phi) is 2.66. The molecule has 16 heavy (non-hydrogen) atoms. The molecule has 0 atom stereocenters. The molecule has 0 fully saturated rings. The quantitative estimate of drug-likeness (QED) is 0.886. The van der Waals surface area contributed by atoms with Crippen molar-refractivity contribution >= 4 is 17.3 Å². The lowest BCUT2D eigenvalue weighted by Gasteiger charge is -1.99. The van der Waals surface area contributed by atoms with Crippen LogP contribution >= 0.6 is 11.3 Å². The average molecular weight is 238 g/mol. The van der Waals surface area contributed by atoms with E-state index in [1.54, 1.807) is 7.05 Å². The van der Waals surface area contributed by atoms with Crippen LogP contribution in [0.2, 0.25) is 0 Å². The van der Waals surface area contributed by atoms with Gasteiger partial charge < -0.3 is 9.84 Å². The van der Waals surface area contributed by atoms with Gasteiger partial charge >= 0.3 is 5.97 Å². The molecular formula is C10H10N2O3S. The molecule has 2 aromatic heterocycles. The van der Waals surface area contributed by atoms with Crippen molar-refractivity contribution in [1.82, 2.24) is 9.78 Å². The summed E-state index contributed by atoms with van der Waals surface area (Å²) in [5, 5.41) is 15.1. The van der Waals surface area contributed by atoms with Gasteiger partial charge in [0.05, 0.1) is 12.7 Å². The minimum Gasteiger partial charge on any atom is -0.479 e. The standard InChI is InChI=1S/C10H10N2O3S/c1-12-8(10(13)14)7(9(11-12)15-2)6-4-3-5-16-6/h3-5H,1-2H3,(H,13,14). The van der Waals surface area contributed by atoms with Gasteiger partial charge in [-0.3, -0.25) is 4.68 Å². The Morgan fingerprint density at radius 1 is 1.62 bits per heavy atom. The molecule has 0 aliphatic heterocycles. The van der Waals surface area contributed by atoms with Crippen molar-refractivity contribution in [1.29, 1.82) is 0 Å². The van der Waals surface area contributed by atoms with E-state index >= 15 is 0 Å². The first-order chi connectivity index (χ1) is 7.65. The Balaban J connectivity index is 2.70. The molecule has 0 aromatic carbocycles. The Bertz CT molecular complexity index is 516. The molecule has 0 amide bonds. The van der Waals surface area contributed by atoms with Crippen molar-refractivity contribution in [3.63, 3.8) is 0 Å². The minimum atomic E-state index is -1.01. The van der Waals surface area contributed by atoms with Gasteiger partial charge in [0.1, 0.15) is 0 Å². The van der Waals surface area contributed by atoms with E-state index in [4.69, 9.17) is 9.84 Å². The van der Waals surface area contributed by atoms with E-state index < -0.39 is 5.97 Å². The van der Waals surface area contributed by atoms with Crippen LogP contribution in [0.5, 0.6) is 5.88 Å². The molecule has 2 rings (SSSR count). The fraction of sp³-hybridized carbons (Fsp3) is 0.200. The van der Waals surface area contributed by atoms with E-state index in [1.807, 2.05) is 17.5 Å². The minimum absolute atomic E-state index is 0.138. The Morgan fingerprint density at radius 3 is 2.88 bits per heavy atom. The molecule has 5 nitrogen and oxygen atoms in total. The van der Waals surface area contributed by atoms with Gasteiger partial charge in [0, 0.05) is 11.9 Å². The van der Waals surface area contributed by atoms with Gasteiger partial charge in [0.2, 0.25) is 5.88 Å². The highest BCUT2D eigenvalue weighted by Crippen LogP contribution is 2.35. The fourth-order valence-corrected chi connectivity index (χ4v) is 2.29. The first-order valence-electron chi connectivity index (χ1n) is 4.53. The lowest BCUT2D eigenvalue weighted by Crippen LogP contribution is -2.06. The van der Waals surface area contributed by atoms with Crippen molar-refractivity contribution in [3.05, 3.63) is 23.2 Å². The van der Waals surface area contributed by atoms with Gasteiger partial charge in [-0.1, -0.05) is 6.07 Å². The fourth-order valence-electron chi connectivity index (χ4n) is 1.53. The smallest absolute Gasteiger partial charge is 0.354 e. The Morgan fingerprint density at radius 2 is 2.38 bits per heavy atom. The van der Waals surface area contributed by atoms with E-state index in [-0.39, 0.29) is 5.69 Å². The summed E-state index contributed by atoms with van der Waals surface area (Å²) >= 11 is 1.45. The summed E-state index contributed by atoms with van der Waals surface area (Å²) < 4.78 is 6.41. The zero-order valence-corrected chi connectivity index (χ0v) is 9.61. The number of aromatic carboxylic acids is 1. The lowest BCUT2D eigenvalue weighted by atomic mass is 10.2. The molecule has 84 valence electrons. The topological polar surface area (TPSA) is 64.4 Å². The second-order valence-electron chi connectivity index (χ2n) is 3.14. The summed E-state index contributed by atoms with van der Waals surface area (Å²) in [6, 6.07) is 3.70. The first kappa shape index (κ1) is 10.7. The van der Waals surface area contributed by atoms with Gasteiger partial charge in [-0.15, -0.1) is 16.4 Å². The van der Waals surface area contributed by atoms with E-state index in [1.165, 1.54) is 23.1 Å². The number of ether oxygens (including phenoxy) is 1. The molecule has 0 saturated heterocycles. The van der Waals surface area contributed by atoms with Crippen LogP contribution in [0.1, 0.15) is 10.5 Å². The maximum Gasteiger partial charge on any atom is 0.354 e. The monoisotopic (exact) mass is 238 g/mol. The maximum absolute atomic E-state index is 11.2. The number of aromatic nitrogens is 2. The van der Waals surface area contributed by atoms with Crippen LogP contribution in [-0.2, 0) is 7.05 Å². The summed E-state index contributed by atoms with van der Waals surface area (Å²) in [7, 11) is 3.06. The van der Waals surface area contributed by atoms with Crippen LogP contribution in [0.4, 0.5) is 0 Å². The summed E-state index contributed by atoms with van der Waals surface area (Å²) in [5.74, 6) is -0.677. The largest absolute Gasteiger partial charge is 0.479 e. The number of hydrogen-bond acceptors (Lipinski definition) is 4. The number of thiophene rings is 1. The lowest BCUT2D eigenvalue weighted by molar-refractivity contribution is 0.0686. The van der Waals surface area contributed by atoms with Crippen LogP contribution in [0.15, 0.2) is 17.5 Å². The molecule has 0 bridgehead atoms. The molecule has 1 N–H and O–H groups in total. The summed E-state index contributed by atoms with van der Waals surface area (Å²) in [5.41, 5.74) is 0.673. The van der Waals surface area contributed by atoms with Crippen LogP contribution in [0.3, 0.4) is 0 Å². The summed E-state index contributed by atoms with van der Waals surface area (Å²) in [6.07, 6.45) is 0. The van der Waals surface area contributed by atoms with Crippen molar-refractivity contribution in [2.75, 3.05) is 7.11 Å². The number of hydrogen-bond donors (Lipinski definition) is 1. The van der Waals surface area contributed by atoms with Gasteiger partial charge in [0.25, 0.3) is 0 Å². The van der Waals surface area contributed by atoms with Crippen LogP contribution in [0.25, 0.3) is 10.4 Å². The normalized spacial score (nSPS) is 10.4. The van der Waals surface area contributed by atoms with E-state index in [0.29, 0.717) is 11.4 Å². The molecule has 2 heterocycles. The number of nitrogens with zero attached hydrogens (tertiary/aromatic N) is 2. The predicted octanol–water partition coefficient (Wildman–Crippen LogP) is 1.86. The van der Waals surface area contributed by atoms with E-state index in [2.05, 4.69) is 5.10 Å². The third kappa shape index (κ3) is 1.57. The second kappa shape index (κ2) is 3.97. The van der Waals surface area contributed by atoms with Gasteiger partial charge in [-0.05, 0) is 11.4 Å². The van der Waals surface area contributed by atoms with Crippen molar-refractivity contribution < 1.29 is 14.6 Å². The summed E-state index contributed by atoms with van der Waals surface area (Å²) in [4.78, 5) is 12.0. The van der Waals surface area contributed by atoms with Gasteiger partial charge in [0.15, 0.2) is 5.69 Å². The number of methoxy groups -OCH3 is 1. The van der Waals surface area contributed by atoms with Crippen molar-refractivity contribution in [2.45, 2.75) is 0 Å². The second-order valence-corrected chi connectivity index (χ2v) is 4.09. The average Bonchev–Trinajstić information content (AvgIpc) is 2.82. The van der Waals surface area contributed by atoms with Crippen molar-refractivity contribution in [2.24, 2.45) is 7.05 Å². The molecule has 0 aliphatic carbocycles. The summed E-state index contributed by atoms with van der Waals surface area (Å²) in [6.45, 7) is 0. The highest BCUT2D eigenvalue weighted by molar-refractivity contribution is 7.13. The van der Waals surface area contributed by atoms with Gasteiger partial charge in [-0.25, -0.2) is 4.79 Å². The molecular weight excluding hydrogens is 228 g/mol. The van der Waals surface area contributed by atoms with E-state index in [9.17, 15) is 4.79 Å². The predicted molar refractivity (Wildman–Crippen MR) is 60.0 cm³/mol. The molecule has 6 heteroatoms. The highest BCUT2D eigenvalue weighted by atomic mass is 32.1. The molecule has 0 saturated carbocycles. The zero-order chi connectivity index (χ0) is 11.7. The molecule has 0 aliphatic rings. The third-order valence-corrected chi connectivity index (χ3v) is 3.07. The highest BCUT2D eigenvalue weighted by Gasteiger charge is 2.24. The zero-order valence-electron chi connectivity index (χ0n) is 8.80. The number of aryl methyl sites for hydroxylation is 1. The molecule has 0 radical (unpaired) electrons. The molecule has 2 aromatic rings.